The van der Waals surface area contributed by atoms with Crippen LogP contribution in [0, 0.1) is 6.92 Å². The Morgan fingerprint density at radius 2 is 2.14 bits per heavy atom. The molecule has 0 heterocycles. The maximum Gasteiger partial charge on any atom is 0.137 e. The summed E-state index contributed by atoms with van der Waals surface area (Å²) in [5.74, 6) is 1.27. The van der Waals surface area contributed by atoms with Crippen molar-refractivity contribution in [3.05, 3.63) is 22.7 Å². The van der Waals surface area contributed by atoms with Gasteiger partial charge in [-0.05, 0) is 24.6 Å². The van der Waals surface area contributed by atoms with Crippen LogP contribution in [0.1, 0.15) is 5.56 Å². The zero-order valence-electron chi connectivity index (χ0n) is 8.23. The van der Waals surface area contributed by atoms with Crippen LogP contribution in [0.5, 0.6) is 5.75 Å². The lowest BCUT2D eigenvalue weighted by Crippen LogP contribution is -2.04. The van der Waals surface area contributed by atoms with Crippen molar-refractivity contribution in [2.45, 2.75) is 6.92 Å². The molecule has 0 aromatic heterocycles. The van der Waals surface area contributed by atoms with E-state index < -0.39 is 0 Å². The van der Waals surface area contributed by atoms with Gasteiger partial charge in [0.1, 0.15) is 5.75 Å². The Kier molecular flexibility index (Phi) is 4.36. The molecule has 1 N–H and O–H groups in total. The highest BCUT2D eigenvalue weighted by molar-refractivity contribution is 6.32. The highest BCUT2D eigenvalue weighted by Crippen LogP contribution is 2.30. The normalized spacial score (nSPS) is 10.0. The van der Waals surface area contributed by atoms with Crippen LogP contribution in [0.4, 0.5) is 5.69 Å². The predicted octanol–water partition coefficient (Wildman–Crippen LogP) is 3.31. The van der Waals surface area contributed by atoms with Crippen molar-refractivity contribution in [2.75, 3.05) is 24.9 Å². The summed E-state index contributed by atoms with van der Waals surface area (Å²) in [6, 6.07) is 3.75. The van der Waals surface area contributed by atoms with Crippen LogP contribution >= 0.6 is 23.2 Å². The van der Waals surface area contributed by atoms with Crippen molar-refractivity contribution in [3.8, 4) is 5.75 Å². The van der Waals surface area contributed by atoms with Gasteiger partial charge in [0.15, 0.2) is 0 Å². The smallest absolute Gasteiger partial charge is 0.137 e. The van der Waals surface area contributed by atoms with E-state index in [9.17, 15) is 0 Å². The number of halogens is 2. The van der Waals surface area contributed by atoms with Gasteiger partial charge in [0.05, 0.1) is 12.1 Å². The lowest BCUT2D eigenvalue weighted by Gasteiger charge is -2.11. The van der Waals surface area contributed by atoms with Gasteiger partial charge in [0, 0.05) is 18.1 Å². The van der Waals surface area contributed by atoms with Gasteiger partial charge in [-0.2, -0.15) is 0 Å². The molecule has 0 saturated heterocycles. The summed E-state index contributed by atoms with van der Waals surface area (Å²) in [6.07, 6.45) is 0. The van der Waals surface area contributed by atoms with E-state index in [4.69, 9.17) is 27.9 Å². The average molecular weight is 234 g/mol. The van der Waals surface area contributed by atoms with E-state index in [-0.39, 0.29) is 0 Å². The molecule has 2 nitrogen and oxygen atoms in total. The molecule has 0 saturated carbocycles. The molecule has 0 fully saturated rings. The molecule has 0 spiro atoms. The SMILES string of the molecule is COc1cc(C)c(NCCCl)cc1Cl. The predicted molar refractivity (Wildman–Crippen MR) is 62.0 cm³/mol. The summed E-state index contributed by atoms with van der Waals surface area (Å²) >= 11 is 11.6. The van der Waals surface area contributed by atoms with E-state index in [2.05, 4.69) is 5.32 Å². The highest BCUT2D eigenvalue weighted by Gasteiger charge is 2.05. The first-order valence-electron chi connectivity index (χ1n) is 4.33. The van der Waals surface area contributed by atoms with Crippen molar-refractivity contribution in [1.82, 2.24) is 0 Å². The lowest BCUT2D eigenvalue weighted by atomic mass is 10.2. The number of aryl methyl sites for hydroxylation is 1. The molecule has 0 unspecified atom stereocenters. The number of anilines is 1. The van der Waals surface area contributed by atoms with Crippen molar-refractivity contribution < 1.29 is 4.74 Å². The quantitative estimate of drug-likeness (QED) is 0.807. The summed E-state index contributed by atoms with van der Waals surface area (Å²) in [5, 5.41) is 3.79. The van der Waals surface area contributed by atoms with Gasteiger partial charge in [-0.15, -0.1) is 11.6 Å². The van der Waals surface area contributed by atoms with E-state index in [0.29, 0.717) is 16.7 Å². The number of nitrogens with one attached hydrogen (secondary N) is 1. The number of benzene rings is 1. The molecule has 78 valence electrons. The molecule has 0 aliphatic carbocycles. The fourth-order valence-corrected chi connectivity index (χ4v) is 1.52. The molecular weight excluding hydrogens is 221 g/mol. The lowest BCUT2D eigenvalue weighted by molar-refractivity contribution is 0.415. The van der Waals surface area contributed by atoms with E-state index in [0.717, 1.165) is 17.8 Å². The Labute approximate surface area is 94.2 Å². The third kappa shape index (κ3) is 2.69. The summed E-state index contributed by atoms with van der Waals surface area (Å²) in [7, 11) is 1.60. The van der Waals surface area contributed by atoms with Gasteiger partial charge in [-0.3, -0.25) is 0 Å². The Hall–Kier alpha value is -0.600. The number of hydrogen-bond donors (Lipinski definition) is 1. The van der Waals surface area contributed by atoms with Gasteiger partial charge in [-0.25, -0.2) is 0 Å². The van der Waals surface area contributed by atoms with Gasteiger partial charge in [-0.1, -0.05) is 11.6 Å². The van der Waals surface area contributed by atoms with Crippen molar-refractivity contribution in [1.29, 1.82) is 0 Å². The Morgan fingerprint density at radius 1 is 1.43 bits per heavy atom. The standard InChI is InChI=1S/C10H13Cl2NO/c1-7-5-10(14-2)8(12)6-9(7)13-4-3-11/h5-6,13H,3-4H2,1-2H3. The van der Waals surface area contributed by atoms with Crippen LogP contribution in [-0.2, 0) is 0 Å². The number of ether oxygens (including phenoxy) is 1. The monoisotopic (exact) mass is 233 g/mol. The summed E-state index contributed by atoms with van der Waals surface area (Å²) in [4.78, 5) is 0. The van der Waals surface area contributed by atoms with Gasteiger partial charge in [0.25, 0.3) is 0 Å². The number of rotatable bonds is 4. The average Bonchev–Trinajstić information content (AvgIpc) is 2.18. The topological polar surface area (TPSA) is 21.3 Å². The van der Waals surface area contributed by atoms with Crippen LogP contribution in [0.15, 0.2) is 12.1 Å². The Balaban J connectivity index is 2.90. The first-order valence-corrected chi connectivity index (χ1v) is 5.24. The van der Waals surface area contributed by atoms with E-state index in [1.165, 1.54) is 0 Å². The minimum Gasteiger partial charge on any atom is -0.495 e. The van der Waals surface area contributed by atoms with Gasteiger partial charge in [0.2, 0.25) is 0 Å². The molecule has 0 aliphatic rings. The zero-order valence-corrected chi connectivity index (χ0v) is 9.74. The molecule has 4 heteroatoms. The summed E-state index contributed by atoms with van der Waals surface area (Å²) in [5.41, 5.74) is 2.09. The van der Waals surface area contributed by atoms with Crippen molar-refractivity contribution >= 4 is 28.9 Å². The fourth-order valence-electron chi connectivity index (χ4n) is 1.18. The van der Waals surface area contributed by atoms with Gasteiger partial charge < -0.3 is 10.1 Å². The molecule has 1 rings (SSSR count). The third-order valence-electron chi connectivity index (χ3n) is 1.91. The van der Waals surface area contributed by atoms with Crippen LogP contribution < -0.4 is 10.1 Å². The van der Waals surface area contributed by atoms with Crippen LogP contribution in [0.2, 0.25) is 5.02 Å². The van der Waals surface area contributed by atoms with E-state index >= 15 is 0 Å². The minimum absolute atomic E-state index is 0.573. The molecule has 1 aromatic carbocycles. The van der Waals surface area contributed by atoms with E-state index in [1.807, 2.05) is 19.1 Å². The first-order chi connectivity index (χ1) is 6.69. The van der Waals surface area contributed by atoms with Crippen molar-refractivity contribution in [3.63, 3.8) is 0 Å². The Morgan fingerprint density at radius 3 is 2.71 bits per heavy atom. The third-order valence-corrected chi connectivity index (χ3v) is 2.39. The largest absolute Gasteiger partial charge is 0.495 e. The fraction of sp³-hybridized carbons (Fsp3) is 0.400. The van der Waals surface area contributed by atoms with Crippen LogP contribution in [0.3, 0.4) is 0 Å². The number of hydrogen-bond acceptors (Lipinski definition) is 2. The maximum atomic E-state index is 5.98. The molecular formula is C10H13Cl2NO. The molecule has 0 bridgehead atoms. The second kappa shape index (κ2) is 5.32. The Bertz CT molecular complexity index is 315. The second-order valence-corrected chi connectivity index (χ2v) is 3.70. The number of methoxy groups -OCH3 is 1. The van der Waals surface area contributed by atoms with Crippen LogP contribution in [-0.4, -0.2) is 19.5 Å². The summed E-state index contributed by atoms with van der Waals surface area (Å²) < 4.78 is 5.10. The minimum atomic E-state index is 0.573. The highest BCUT2D eigenvalue weighted by atomic mass is 35.5. The second-order valence-electron chi connectivity index (χ2n) is 2.92. The molecule has 1 aromatic rings. The summed E-state index contributed by atoms with van der Waals surface area (Å²) in [6.45, 7) is 2.72. The number of alkyl halides is 1. The molecule has 0 amide bonds. The maximum absolute atomic E-state index is 5.98. The zero-order chi connectivity index (χ0) is 10.6. The molecule has 0 atom stereocenters. The molecule has 0 aliphatic heterocycles. The first kappa shape index (κ1) is 11.5. The van der Waals surface area contributed by atoms with Crippen molar-refractivity contribution in [2.24, 2.45) is 0 Å². The van der Waals surface area contributed by atoms with Gasteiger partial charge >= 0.3 is 0 Å². The molecule has 14 heavy (non-hydrogen) atoms. The van der Waals surface area contributed by atoms with E-state index in [1.54, 1.807) is 7.11 Å². The van der Waals surface area contributed by atoms with Crippen LogP contribution in [0.25, 0.3) is 0 Å². The molecule has 0 radical (unpaired) electrons.